The fourth-order valence-corrected chi connectivity index (χ4v) is 12.5. The average molecular weight is 862 g/mol. The molecule has 320 valence electrons. The smallest absolute Gasteiger partial charge is 0.251 e. The molecule has 5 aliphatic heterocycles. The molecule has 3 unspecified atom stereocenters. The minimum absolute atomic E-state index is 0.0123. The van der Waals surface area contributed by atoms with Gasteiger partial charge >= 0.3 is 0 Å². The van der Waals surface area contributed by atoms with Gasteiger partial charge < -0.3 is 19.4 Å². The Morgan fingerprint density at radius 3 is 1.67 bits per heavy atom. The summed E-state index contributed by atoms with van der Waals surface area (Å²) in [6.45, 7) is 9.59. The fourth-order valence-electron chi connectivity index (χ4n) is 12.5. The molecule has 0 aliphatic carbocycles. The lowest BCUT2D eigenvalue weighted by atomic mass is 9.33. The maximum absolute atomic E-state index is 7.13. The van der Waals surface area contributed by atoms with Gasteiger partial charge in [0.2, 0.25) is 0 Å². The van der Waals surface area contributed by atoms with Crippen molar-refractivity contribution in [2.75, 3.05) is 14.7 Å². The van der Waals surface area contributed by atoms with Crippen molar-refractivity contribution in [2.45, 2.75) is 51.4 Å². The number of rotatable bonds is 3. The predicted octanol–water partition coefficient (Wildman–Crippen LogP) is 14.6. The van der Waals surface area contributed by atoms with Crippen LogP contribution in [0.5, 0.6) is 11.5 Å². The molecule has 9 aromatic rings. The van der Waals surface area contributed by atoms with Crippen LogP contribution < -0.4 is 35.8 Å². The second kappa shape index (κ2) is 14.4. The third kappa shape index (κ3) is 5.43. The highest BCUT2D eigenvalue weighted by Crippen LogP contribution is 2.58. The van der Waals surface area contributed by atoms with Crippen LogP contribution in [0.1, 0.15) is 95.9 Å². The molecule has 0 saturated carbocycles. The van der Waals surface area contributed by atoms with Gasteiger partial charge in [0.05, 0.1) is 34.1 Å². The van der Waals surface area contributed by atoms with Crippen LogP contribution >= 0.6 is 0 Å². The molecule has 5 heteroatoms. The molecule has 3 atom stereocenters. The maximum Gasteiger partial charge on any atom is 0.251 e. The number of benzene rings is 9. The summed E-state index contributed by atoms with van der Waals surface area (Å²) in [4.78, 5) is 7.50. The third-order valence-electron chi connectivity index (χ3n) is 15.6. The Labute approximate surface area is 393 Å². The van der Waals surface area contributed by atoms with Crippen LogP contribution in [-0.4, -0.2) is 6.71 Å². The van der Waals surface area contributed by atoms with E-state index in [4.69, 9.17) is 4.74 Å². The van der Waals surface area contributed by atoms with Crippen molar-refractivity contribution >= 4 is 74.3 Å². The van der Waals surface area contributed by atoms with Crippen molar-refractivity contribution in [2.24, 2.45) is 0 Å². The summed E-state index contributed by atoms with van der Waals surface area (Å²) in [5, 5.41) is 0. The van der Waals surface area contributed by atoms with Crippen molar-refractivity contribution < 1.29 is 4.74 Å². The number of hydrogen-bond acceptors (Lipinski definition) is 4. The molecule has 5 heterocycles. The lowest BCUT2D eigenvalue weighted by Gasteiger charge is -2.44. The van der Waals surface area contributed by atoms with Crippen LogP contribution in [0.15, 0.2) is 194 Å². The predicted molar refractivity (Wildman–Crippen MR) is 278 cm³/mol. The molecule has 0 N–H and O–H groups in total. The van der Waals surface area contributed by atoms with Crippen molar-refractivity contribution in [3.8, 4) is 11.5 Å². The van der Waals surface area contributed by atoms with E-state index in [2.05, 4.69) is 237 Å². The van der Waals surface area contributed by atoms with Crippen molar-refractivity contribution in [1.82, 2.24) is 0 Å². The van der Waals surface area contributed by atoms with Gasteiger partial charge in [0.1, 0.15) is 11.5 Å². The Kier molecular flexibility index (Phi) is 8.26. The zero-order valence-corrected chi connectivity index (χ0v) is 38.1. The van der Waals surface area contributed by atoms with E-state index in [1.165, 1.54) is 89.3 Å². The Morgan fingerprint density at radius 2 is 0.970 bits per heavy atom. The van der Waals surface area contributed by atoms with E-state index in [1.54, 1.807) is 0 Å². The number of hydrogen-bond donors (Lipinski definition) is 0. The molecule has 67 heavy (non-hydrogen) atoms. The normalized spacial score (nSPS) is 17.5. The van der Waals surface area contributed by atoms with Crippen molar-refractivity contribution in [3.05, 3.63) is 239 Å². The van der Waals surface area contributed by atoms with Crippen LogP contribution in [0.25, 0.3) is 0 Å². The Morgan fingerprint density at radius 1 is 0.433 bits per heavy atom. The minimum atomic E-state index is -0.0790. The largest absolute Gasteiger partial charge is 0.458 e. The Bertz CT molecular complexity index is 3290. The molecule has 0 radical (unpaired) electrons. The minimum Gasteiger partial charge on any atom is -0.458 e. The number of para-hydroxylation sites is 6. The van der Waals surface area contributed by atoms with E-state index < -0.39 is 0 Å². The molecule has 4 bridgehead atoms. The molecule has 0 saturated heterocycles. The Hall–Kier alpha value is -7.76. The summed E-state index contributed by atoms with van der Waals surface area (Å²) in [7, 11) is 0. The number of ether oxygens (including phenoxy) is 1. The first-order valence-corrected chi connectivity index (χ1v) is 24.0. The topological polar surface area (TPSA) is 19.0 Å². The summed E-state index contributed by atoms with van der Waals surface area (Å²) in [5.41, 5.74) is 25.2. The summed E-state index contributed by atoms with van der Waals surface area (Å²) >= 11 is 0. The van der Waals surface area contributed by atoms with E-state index >= 15 is 0 Å². The van der Waals surface area contributed by atoms with Gasteiger partial charge in [0.25, 0.3) is 6.71 Å². The molecule has 0 amide bonds. The highest BCUT2D eigenvalue weighted by Gasteiger charge is 2.44. The van der Waals surface area contributed by atoms with Gasteiger partial charge in [-0.1, -0.05) is 148 Å². The number of fused-ring (bicyclic) bond motifs is 8. The van der Waals surface area contributed by atoms with Gasteiger partial charge in [-0.3, -0.25) is 0 Å². The fraction of sp³-hybridized carbons (Fsp3) is 0.129. The van der Waals surface area contributed by atoms with Gasteiger partial charge in [-0.2, -0.15) is 0 Å². The second-order valence-corrected chi connectivity index (χ2v) is 19.4. The van der Waals surface area contributed by atoms with E-state index in [0.717, 1.165) is 34.2 Å². The van der Waals surface area contributed by atoms with Crippen LogP contribution in [0.2, 0.25) is 0 Å². The van der Waals surface area contributed by atoms with Crippen LogP contribution in [-0.2, 0) is 0 Å². The van der Waals surface area contributed by atoms with Crippen LogP contribution in [0.4, 0.5) is 51.2 Å². The lowest BCUT2D eigenvalue weighted by Crippen LogP contribution is -2.58. The molecular formula is C62H48BN3O. The molecule has 4 nitrogen and oxygen atoms in total. The van der Waals surface area contributed by atoms with E-state index in [1.807, 2.05) is 0 Å². The molecule has 14 rings (SSSR count). The van der Waals surface area contributed by atoms with Crippen molar-refractivity contribution in [3.63, 3.8) is 0 Å². The monoisotopic (exact) mass is 861 g/mol. The summed E-state index contributed by atoms with van der Waals surface area (Å²) in [6, 6.07) is 73.1. The van der Waals surface area contributed by atoms with Crippen LogP contribution in [0.3, 0.4) is 0 Å². The molecule has 0 fully saturated rings. The zero-order chi connectivity index (χ0) is 44.7. The van der Waals surface area contributed by atoms with Gasteiger partial charge in [0, 0.05) is 34.8 Å². The quantitative estimate of drug-likeness (QED) is 0.165. The summed E-state index contributed by atoms with van der Waals surface area (Å²) in [6.07, 6.45) is 0. The molecule has 0 spiro atoms. The molecule has 0 aromatic heterocycles. The highest BCUT2D eigenvalue weighted by molar-refractivity contribution is 6.97. The van der Waals surface area contributed by atoms with Gasteiger partial charge in [-0.15, -0.1) is 0 Å². The van der Waals surface area contributed by atoms with Crippen molar-refractivity contribution in [1.29, 1.82) is 0 Å². The zero-order valence-electron chi connectivity index (χ0n) is 38.1. The average Bonchev–Trinajstić information content (AvgIpc) is 3.37. The lowest BCUT2D eigenvalue weighted by molar-refractivity contribution is 0.487. The summed E-state index contributed by atoms with van der Waals surface area (Å²) < 4.78 is 7.13. The van der Waals surface area contributed by atoms with E-state index in [-0.39, 0.29) is 24.5 Å². The first-order chi connectivity index (χ1) is 32.9. The van der Waals surface area contributed by atoms with Crippen LogP contribution in [0, 0.1) is 0 Å². The highest BCUT2D eigenvalue weighted by atomic mass is 16.5. The molecular weight excluding hydrogens is 814 g/mol. The molecule has 5 aliphatic rings. The van der Waals surface area contributed by atoms with E-state index in [0.29, 0.717) is 5.92 Å². The Balaban J connectivity index is 1.11. The molecule has 9 aromatic carbocycles. The van der Waals surface area contributed by atoms with Gasteiger partial charge in [-0.25, -0.2) is 0 Å². The first kappa shape index (κ1) is 38.5. The summed E-state index contributed by atoms with van der Waals surface area (Å²) in [5.74, 6) is 2.28. The van der Waals surface area contributed by atoms with Gasteiger partial charge in [0.15, 0.2) is 0 Å². The van der Waals surface area contributed by atoms with E-state index in [9.17, 15) is 0 Å². The third-order valence-corrected chi connectivity index (χ3v) is 15.6. The SMILES string of the molecule is CC(C)c1cc2c3c(c1)C(C)c1cccc4c1N(c1ccc5c(c1)B3c1cc(ccc1O5)C1c3ccccc3N(c3ccccc3)c3cccc(c31)C2C)c1ccccc1N4c1ccccc1. The second-order valence-electron chi connectivity index (χ2n) is 19.4. The number of anilines is 9. The first-order valence-electron chi connectivity index (χ1n) is 24.0. The maximum atomic E-state index is 7.13. The standard InChI is InChI=1S/C62H48BN3O/c1-37(2)41-33-48-38(3)45-22-15-27-55-60(45)59(47-21-11-12-24-52(47)64(55)42-17-7-5-8-18-42)40-29-31-57-50(35-40)63-51-36-44(30-32-58(51)67-57)66-54-26-14-13-25-53(54)65(43-19-9-6-10-20-43)56-28-16-23-46(62(56)66)39(4)49(34-41)61(48)63/h5-39,59H,1-4H3. The van der Waals surface area contributed by atoms with Gasteiger partial charge in [-0.05, 0) is 140 Å². The number of nitrogens with zero attached hydrogens (tertiary/aromatic N) is 3.